The van der Waals surface area contributed by atoms with E-state index in [0.717, 1.165) is 32.1 Å². The third-order valence-corrected chi connectivity index (χ3v) is 4.88. The van der Waals surface area contributed by atoms with E-state index in [1.165, 1.54) is 0 Å². The second-order valence-electron chi connectivity index (χ2n) is 8.68. The van der Waals surface area contributed by atoms with Crippen molar-refractivity contribution in [2.45, 2.75) is 84.8 Å². The van der Waals surface area contributed by atoms with Crippen molar-refractivity contribution in [2.75, 3.05) is 6.54 Å². The smallest absolute Gasteiger partial charge is 0.410 e. The molecule has 0 spiro atoms. The van der Waals surface area contributed by atoms with Gasteiger partial charge in [0.15, 0.2) is 0 Å². The molecule has 0 radical (unpaired) electrons. The van der Waals surface area contributed by atoms with Gasteiger partial charge in [-0.25, -0.2) is 4.79 Å². The largest absolute Gasteiger partial charge is 0.444 e. The summed E-state index contributed by atoms with van der Waals surface area (Å²) in [6.45, 7) is 10.8. The molecule has 0 bridgehead atoms. The summed E-state index contributed by atoms with van der Waals surface area (Å²) >= 11 is 0. The van der Waals surface area contributed by atoms with Crippen molar-refractivity contribution in [1.29, 1.82) is 0 Å². The van der Waals surface area contributed by atoms with Crippen molar-refractivity contribution in [3.8, 4) is 0 Å². The molecule has 2 unspecified atom stereocenters. The van der Waals surface area contributed by atoms with Crippen LogP contribution in [-0.4, -0.2) is 35.0 Å². The minimum absolute atomic E-state index is 0.0171. The Bertz CT molecular complexity index is 436. The van der Waals surface area contributed by atoms with Gasteiger partial charge in [-0.2, -0.15) is 0 Å². The number of amides is 1. The Morgan fingerprint density at radius 2 is 1.95 bits per heavy atom. The van der Waals surface area contributed by atoms with Gasteiger partial charge in [-0.1, -0.05) is 13.8 Å². The Morgan fingerprint density at radius 1 is 1.27 bits per heavy atom. The number of ether oxygens (including phenoxy) is 1. The molecule has 0 aromatic heterocycles. The second-order valence-corrected chi connectivity index (χ2v) is 8.68. The fourth-order valence-corrected chi connectivity index (χ4v) is 3.73. The van der Waals surface area contributed by atoms with Crippen molar-refractivity contribution in [2.24, 2.45) is 11.3 Å². The first-order valence-corrected chi connectivity index (χ1v) is 8.61. The van der Waals surface area contributed by atoms with E-state index in [0.29, 0.717) is 18.7 Å². The van der Waals surface area contributed by atoms with Crippen LogP contribution in [0.3, 0.4) is 0 Å². The van der Waals surface area contributed by atoms with Crippen molar-refractivity contribution in [3.05, 3.63) is 0 Å². The Hall–Kier alpha value is -1.06. The van der Waals surface area contributed by atoms with Gasteiger partial charge in [0.1, 0.15) is 11.4 Å². The average Bonchev–Trinajstić information content (AvgIpc) is 2.40. The standard InChI is InChI=1S/C18H31NO3/c1-17(2,3)22-16(21)19-11-7-6-8-14(19)13-12-18(4,5)10-9-15(13)20/h13-14H,6-12H2,1-5H3. The number of likely N-dealkylation sites (tertiary alicyclic amines) is 1. The summed E-state index contributed by atoms with van der Waals surface area (Å²) in [6, 6.07) is 0.0238. The molecular formula is C18H31NO3. The SMILES string of the molecule is CC1(C)CCC(=O)C(C2CCCCN2C(=O)OC(C)(C)C)C1. The van der Waals surface area contributed by atoms with Crippen LogP contribution < -0.4 is 0 Å². The van der Waals surface area contributed by atoms with Gasteiger partial charge in [-0.15, -0.1) is 0 Å². The predicted molar refractivity (Wildman–Crippen MR) is 86.7 cm³/mol. The van der Waals surface area contributed by atoms with Crippen LogP contribution in [0.4, 0.5) is 4.79 Å². The van der Waals surface area contributed by atoms with Gasteiger partial charge in [0.2, 0.25) is 0 Å². The number of nitrogens with zero attached hydrogens (tertiary/aromatic N) is 1. The van der Waals surface area contributed by atoms with Crippen LogP contribution in [0.2, 0.25) is 0 Å². The third kappa shape index (κ3) is 4.23. The fourth-order valence-electron chi connectivity index (χ4n) is 3.73. The van der Waals surface area contributed by atoms with Gasteiger partial charge in [0.25, 0.3) is 0 Å². The second kappa shape index (κ2) is 6.21. The van der Waals surface area contributed by atoms with E-state index in [1.54, 1.807) is 0 Å². The monoisotopic (exact) mass is 309 g/mol. The molecule has 1 heterocycles. The lowest BCUT2D eigenvalue weighted by Gasteiger charge is -2.44. The quantitative estimate of drug-likeness (QED) is 0.730. The molecule has 22 heavy (non-hydrogen) atoms. The summed E-state index contributed by atoms with van der Waals surface area (Å²) in [5.41, 5.74) is -0.301. The topological polar surface area (TPSA) is 46.6 Å². The maximum absolute atomic E-state index is 12.5. The van der Waals surface area contributed by atoms with E-state index in [2.05, 4.69) is 13.8 Å². The minimum Gasteiger partial charge on any atom is -0.444 e. The molecule has 2 rings (SSSR count). The molecule has 1 amide bonds. The van der Waals surface area contributed by atoms with Crippen LogP contribution >= 0.6 is 0 Å². The maximum Gasteiger partial charge on any atom is 0.410 e. The van der Waals surface area contributed by atoms with Crippen molar-refractivity contribution in [1.82, 2.24) is 4.90 Å². The number of hydrogen-bond donors (Lipinski definition) is 0. The van der Waals surface area contributed by atoms with Gasteiger partial charge >= 0.3 is 6.09 Å². The summed E-state index contributed by atoms with van der Waals surface area (Å²) in [4.78, 5) is 26.8. The first-order valence-electron chi connectivity index (χ1n) is 8.61. The van der Waals surface area contributed by atoms with Crippen LogP contribution in [0.15, 0.2) is 0 Å². The minimum atomic E-state index is -0.491. The van der Waals surface area contributed by atoms with Gasteiger partial charge in [-0.05, 0) is 58.3 Å². The highest BCUT2D eigenvalue weighted by atomic mass is 16.6. The Morgan fingerprint density at radius 3 is 2.59 bits per heavy atom. The van der Waals surface area contributed by atoms with E-state index in [9.17, 15) is 9.59 Å². The van der Waals surface area contributed by atoms with Gasteiger partial charge in [-0.3, -0.25) is 4.79 Å². The van der Waals surface area contributed by atoms with Crippen molar-refractivity contribution >= 4 is 11.9 Å². The summed E-state index contributed by atoms with van der Waals surface area (Å²) in [5.74, 6) is 0.316. The molecule has 1 aliphatic carbocycles. The Balaban J connectivity index is 2.15. The number of carbonyl (C=O) groups excluding carboxylic acids is 2. The highest BCUT2D eigenvalue weighted by molar-refractivity contribution is 5.83. The molecule has 0 aromatic rings. The summed E-state index contributed by atoms with van der Waals surface area (Å²) in [6.07, 6.45) is 5.25. The Labute approximate surface area is 134 Å². The molecule has 4 nitrogen and oxygen atoms in total. The van der Waals surface area contributed by atoms with Gasteiger partial charge < -0.3 is 9.64 Å². The van der Waals surface area contributed by atoms with E-state index in [1.807, 2.05) is 25.7 Å². The maximum atomic E-state index is 12.5. The molecule has 2 atom stereocenters. The normalized spacial score (nSPS) is 29.3. The van der Waals surface area contributed by atoms with E-state index >= 15 is 0 Å². The number of ketones is 1. The number of carbonyl (C=O) groups is 2. The van der Waals surface area contributed by atoms with Crippen LogP contribution in [0.25, 0.3) is 0 Å². The van der Waals surface area contributed by atoms with Gasteiger partial charge in [0, 0.05) is 24.9 Å². The molecular weight excluding hydrogens is 278 g/mol. The molecule has 126 valence electrons. The summed E-state index contributed by atoms with van der Waals surface area (Å²) in [7, 11) is 0. The number of piperidine rings is 1. The fraction of sp³-hybridized carbons (Fsp3) is 0.889. The van der Waals surface area contributed by atoms with Crippen molar-refractivity contribution in [3.63, 3.8) is 0 Å². The van der Waals surface area contributed by atoms with Crippen LogP contribution in [-0.2, 0) is 9.53 Å². The van der Waals surface area contributed by atoms with Crippen LogP contribution in [0, 0.1) is 11.3 Å². The molecule has 2 fully saturated rings. The highest BCUT2D eigenvalue weighted by Gasteiger charge is 2.43. The number of rotatable bonds is 1. The third-order valence-electron chi connectivity index (χ3n) is 4.88. The van der Waals surface area contributed by atoms with Crippen LogP contribution in [0.5, 0.6) is 0 Å². The Kier molecular flexibility index (Phi) is 4.88. The summed E-state index contributed by atoms with van der Waals surface area (Å²) in [5, 5.41) is 0. The van der Waals surface area contributed by atoms with E-state index in [4.69, 9.17) is 4.74 Å². The zero-order chi connectivity index (χ0) is 16.5. The van der Waals surface area contributed by atoms with Crippen molar-refractivity contribution < 1.29 is 14.3 Å². The molecule has 1 saturated heterocycles. The lowest BCUT2D eigenvalue weighted by Crippen LogP contribution is -2.52. The lowest BCUT2D eigenvalue weighted by atomic mass is 9.68. The molecule has 0 aromatic carbocycles. The number of hydrogen-bond acceptors (Lipinski definition) is 3. The average molecular weight is 309 g/mol. The molecule has 1 saturated carbocycles. The lowest BCUT2D eigenvalue weighted by molar-refractivity contribution is -0.130. The van der Waals surface area contributed by atoms with E-state index < -0.39 is 5.60 Å². The zero-order valence-corrected chi connectivity index (χ0v) is 14.8. The van der Waals surface area contributed by atoms with Gasteiger partial charge in [0.05, 0.1) is 0 Å². The first-order chi connectivity index (χ1) is 10.1. The zero-order valence-electron chi connectivity index (χ0n) is 14.8. The van der Waals surface area contributed by atoms with Crippen LogP contribution in [0.1, 0.15) is 73.1 Å². The van der Waals surface area contributed by atoms with E-state index in [-0.39, 0.29) is 23.5 Å². The molecule has 1 aliphatic heterocycles. The molecule has 0 N–H and O–H groups in total. The first kappa shape index (κ1) is 17.3. The summed E-state index contributed by atoms with van der Waals surface area (Å²) < 4.78 is 5.56. The highest BCUT2D eigenvalue weighted by Crippen LogP contribution is 2.41. The molecule has 2 aliphatic rings. The molecule has 4 heteroatoms. The predicted octanol–water partition coefficient (Wildman–Crippen LogP) is 4.17. The number of Topliss-reactive ketones (excluding diaryl/α,β-unsaturated/α-hetero) is 1.